The predicted octanol–water partition coefficient (Wildman–Crippen LogP) is 2.13. The fraction of sp³-hybridized carbons (Fsp3) is 0.375. The van der Waals surface area contributed by atoms with E-state index < -0.39 is 0 Å². The highest BCUT2D eigenvalue weighted by Crippen LogP contribution is 2.27. The molecule has 1 aromatic heterocycles. The van der Waals surface area contributed by atoms with Crippen LogP contribution in [0, 0.1) is 0 Å². The minimum atomic E-state index is 0.0519. The average Bonchev–Trinajstić information content (AvgIpc) is 2.76. The third-order valence-electron chi connectivity index (χ3n) is 4.15. The van der Waals surface area contributed by atoms with Crippen LogP contribution in [0.15, 0.2) is 30.3 Å². The maximum Gasteiger partial charge on any atom is 0.254 e. The summed E-state index contributed by atoms with van der Waals surface area (Å²) < 4.78 is 0. The summed E-state index contributed by atoms with van der Waals surface area (Å²) in [5.74, 6) is 0.188. The molecule has 2 N–H and O–H groups in total. The number of nitrogens with one attached hydrogen (secondary N) is 1. The summed E-state index contributed by atoms with van der Waals surface area (Å²) in [6, 6.07) is 9.44. The molecule has 1 unspecified atom stereocenters. The van der Waals surface area contributed by atoms with E-state index in [-0.39, 0.29) is 17.8 Å². The topological polar surface area (TPSA) is 69.2 Å². The van der Waals surface area contributed by atoms with Crippen LogP contribution in [0.3, 0.4) is 0 Å². The maximum absolute atomic E-state index is 12.7. The van der Waals surface area contributed by atoms with Crippen molar-refractivity contribution in [3.05, 3.63) is 47.2 Å². The number of amides is 1. The van der Waals surface area contributed by atoms with Gasteiger partial charge in [0.2, 0.25) is 5.88 Å². The van der Waals surface area contributed by atoms with Gasteiger partial charge in [-0.2, -0.15) is 5.10 Å². The highest BCUT2D eigenvalue weighted by Gasteiger charge is 2.29. The third kappa shape index (κ3) is 2.51. The lowest BCUT2D eigenvalue weighted by Crippen LogP contribution is -2.41. The molecule has 1 aliphatic rings. The number of rotatable bonds is 2. The summed E-state index contributed by atoms with van der Waals surface area (Å²) in [7, 11) is 0. The number of hydrogen-bond donors (Lipinski definition) is 2. The molecule has 0 saturated carbocycles. The van der Waals surface area contributed by atoms with Gasteiger partial charge in [0.1, 0.15) is 0 Å². The Balaban J connectivity index is 1.88. The van der Waals surface area contributed by atoms with Crippen molar-refractivity contribution < 1.29 is 9.90 Å². The Bertz CT molecular complexity index is 636. The number of aromatic amines is 1. The zero-order valence-corrected chi connectivity index (χ0v) is 12.0. The molecule has 1 atom stereocenters. The number of H-pyrrole nitrogens is 1. The Morgan fingerprint density at radius 2 is 2.19 bits per heavy atom. The molecule has 0 aliphatic carbocycles. The Hall–Kier alpha value is -2.30. The second kappa shape index (κ2) is 5.60. The second-order valence-electron chi connectivity index (χ2n) is 5.38. The van der Waals surface area contributed by atoms with Gasteiger partial charge < -0.3 is 10.0 Å². The molecule has 0 bridgehead atoms. The lowest BCUT2D eigenvalue weighted by Gasteiger charge is -2.29. The van der Waals surface area contributed by atoms with Gasteiger partial charge in [-0.05, 0) is 18.6 Å². The lowest BCUT2D eigenvalue weighted by atomic mass is 10.0. The van der Waals surface area contributed by atoms with Crippen molar-refractivity contribution in [2.24, 2.45) is 0 Å². The summed E-state index contributed by atoms with van der Waals surface area (Å²) in [6.45, 7) is 2.70. The molecule has 1 aliphatic heterocycles. The van der Waals surface area contributed by atoms with Gasteiger partial charge in [-0.3, -0.25) is 4.79 Å². The number of aromatic hydroxyl groups is 1. The number of nitrogens with zero attached hydrogens (tertiary/aromatic N) is 2. The number of carbonyl (C=O) groups is 1. The van der Waals surface area contributed by atoms with Crippen molar-refractivity contribution in [2.75, 3.05) is 6.54 Å². The van der Waals surface area contributed by atoms with E-state index in [1.165, 1.54) is 0 Å². The quantitative estimate of drug-likeness (QED) is 0.888. The van der Waals surface area contributed by atoms with Crippen molar-refractivity contribution >= 4 is 5.91 Å². The molecule has 5 nitrogen and oxygen atoms in total. The second-order valence-corrected chi connectivity index (χ2v) is 5.38. The van der Waals surface area contributed by atoms with Crippen molar-refractivity contribution in [3.63, 3.8) is 0 Å². The van der Waals surface area contributed by atoms with E-state index in [2.05, 4.69) is 17.1 Å². The molecule has 0 fully saturated rings. The molecule has 3 rings (SSSR count). The van der Waals surface area contributed by atoms with Gasteiger partial charge in [-0.1, -0.05) is 25.1 Å². The van der Waals surface area contributed by atoms with Crippen LogP contribution in [-0.2, 0) is 12.8 Å². The highest BCUT2D eigenvalue weighted by atomic mass is 16.3. The molecule has 1 amide bonds. The Morgan fingerprint density at radius 3 is 2.90 bits per heavy atom. The number of hydrogen-bond acceptors (Lipinski definition) is 3. The summed E-state index contributed by atoms with van der Waals surface area (Å²) in [6.07, 6.45) is 2.16. The molecule has 110 valence electrons. The van der Waals surface area contributed by atoms with E-state index in [1.807, 2.05) is 35.2 Å². The van der Waals surface area contributed by atoms with Crippen LogP contribution in [-0.4, -0.2) is 38.7 Å². The van der Waals surface area contributed by atoms with E-state index in [9.17, 15) is 9.90 Å². The molecule has 0 radical (unpaired) electrons. The normalized spacial score (nSPS) is 18.1. The summed E-state index contributed by atoms with van der Waals surface area (Å²) in [5, 5.41) is 16.6. The standard InChI is InChI=1S/C16H19N3O2/c1-2-12-10-13-14(17-18-15(13)20)8-9-19(12)16(21)11-6-4-3-5-7-11/h3-7,12H,2,8-10H2,1H3,(H2,17,18,20). The van der Waals surface area contributed by atoms with Crippen LogP contribution >= 0.6 is 0 Å². The Labute approximate surface area is 123 Å². The van der Waals surface area contributed by atoms with Crippen LogP contribution in [0.5, 0.6) is 5.88 Å². The summed E-state index contributed by atoms with van der Waals surface area (Å²) in [5.41, 5.74) is 2.43. The minimum absolute atomic E-state index is 0.0519. The zero-order valence-electron chi connectivity index (χ0n) is 12.0. The number of aromatic nitrogens is 2. The van der Waals surface area contributed by atoms with Crippen molar-refractivity contribution in [1.82, 2.24) is 15.1 Å². The molecule has 2 heterocycles. The largest absolute Gasteiger partial charge is 0.493 e. The van der Waals surface area contributed by atoms with Crippen molar-refractivity contribution in [2.45, 2.75) is 32.2 Å². The highest BCUT2D eigenvalue weighted by molar-refractivity contribution is 5.94. The van der Waals surface area contributed by atoms with Crippen LogP contribution in [0.4, 0.5) is 0 Å². The van der Waals surface area contributed by atoms with Crippen molar-refractivity contribution in [3.8, 4) is 5.88 Å². The van der Waals surface area contributed by atoms with Gasteiger partial charge in [0, 0.05) is 36.6 Å². The molecular formula is C16H19N3O2. The predicted molar refractivity (Wildman–Crippen MR) is 79.2 cm³/mol. The average molecular weight is 285 g/mol. The first-order chi connectivity index (χ1) is 10.2. The van der Waals surface area contributed by atoms with Crippen LogP contribution in [0.1, 0.15) is 35.0 Å². The fourth-order valence-corrected chi connectivity index (χ4v) is 2.95. The van der Waals surface area contributed by atoms with E-state index in [1.54, 1.807) is 0 Å². The molecule has 2 aromatic rings. The molecule has 5 heteroatoms. The summed E-state index contributed by atoms with van der Waals surface area (Å²) in [4.78, 5) is 14.6. The Kier molecular flexibility index (Phi) is 3.64. The fourth-order valence-electron chi connectivity index (χ4n) is 2.95. The smallest absolute Gasteiger partial charge is 0.254 e. The maximum atomic E-state index is 12.7. The summed E-state index contributed by atoms with van der Waals surface area (Å²) >= 11 is 0. The number of carbonyl (C=O) groups excluding carboxylic acids is 1. The van der Waals surface area contributed by atoms with Crippen LogP contribution in [0.2, 0.25) is 0 Å². The van der Waals surface area contributed by atoms with Crippen LogP contribution < -0.4 is 0 Å². The van der Waals surface area contributed by atoms with Gasteiger partial charge in [0.15, 0.2) is 0 Å². The molecule has 1 aromatic carbocycles. The van der Waals surface area contributed by atoms with Crippen LogP contribution in [0.25, 0.3) is 0 Å². The van der Waals surface area contributed by atoms with E-state index >= 15 is 0 Å². The SMILES string of the molecule is CCC1Cc2c(n[nH]c2O)CCN1C(=O)c1ccccc1. The molecular weight excluding hydrogens is 266 g/mol. The number of benzene rings is 1. The zero-order chi connectivity index (χ0) is 14.8. The molecule has 0 spiro atoms. The minimum Gasteiger partial charge on any atom is -0.493 e. The Morgan fingerprint density at radius 1 is 1.43 bits per heavy atom. The molecule has 21 heavy (non-hydrogen) atoms. The van der Waals surface area contributed by atoms with Crippen molar-refractivity contribution in [1.29, 1.82) is 0 Å². The first-order valence-electron chi connectivity index (χ1n) is 7.31. The first-order valence-corrected chi connectivity index (χ1v) is 7.31. The monoisotopic (exact) mass is 285 g/mol. The van der Waals surface area contributed by atoms with Gasteiger partial charge in [0.25, 0.3) is 5.91 Å². The number of fused-ring (bicyclic) bond motifs is 1. The first kappa shape index (κ1) is 13.7. The van der Waals surface area contributed by atoms with Gasteiger partial charge in [0.05, 0.1) is 5.69 Å². The van der Waals surface area contributed by atoms with Gasteiger partial charge in [-0.25, -0.2) is 5.10 Å². The lowest BCUT2D eigenvalue weighted by molar-refractivity contribution is 0.0680. The molecule has 0 saturated heterocycles. The van der Waals surface area contributed by atoms with E-state index in [0.717, 1.165) is 17.7 Å². The third-order valence-corrected chi connectivity index (χ3v) is 4.15. The van der Waals surface area contributed by atoms with E-state index in [0.29, 0.717) is 24.9 Å². The van der Waals surface area contributed by atoms with Gasteiger partial charge in [-0.15, -0.1) is 0 Å². The van der Waals surface area contributed by atoms with Gasteiger partial charge >= 0.3 is 0 Å². The van der Waals surface area contributed by atoms with E-state index in [4.69, 9.17) is 0 Å².